The first-order valence-electron chi connectivity index (χ1n) is 5.43. The van der Waals surface area contributed by atoms with Crippen LogP contribution in [-0.2, 0) is 16.4 Å². The van der Waals surface area contributed by atoms with Crippen molar-refractivity contribution >= 4 is 26.9 Å². The van der Waals surface area contributed by atoms with Gasteiger partial charge in [0.2, 0.25) is 9.84 Å². The molecule has 0 aliphatic rings. The van der Waals surface area contributed by atoms with Gasteiger partial charge in [-0.3, -0.25) is 4.79 Å². The normalized spacial score (nSPS) is 11.8. The Balaban J connectivity index is 2.27. The van der Waals surface area contributed by atoms with Crippen molar-refractivity contribution in [3.8, 4) is 0 Å². The summed E-state index contributed by atoms with van der Waals surface area (Å²) in [5.41, 5.74) is 0.615. The zero-order valence-corrected chi connectivity index (χ0v) is 11.6. The summed E-state index contributed by atoms with van der Waals surface area (Å²) in [5.74, 6) is -3.48. The second-order valence-electron chi connectivity index (χ2n) is 3.83. The van der Waals surface area contributed by atoms with Crippen LogP contribution in [0.15, 0.2) is 39.3 Å². The average molecular weight is 320 g/mol. The summed E-state index contributed by atoms with van der Waals surface area (Å²) in [5, 5.41) is 4.30. The summed E-state index contributed by atoms with van der Waals surface area (Å²) in [6.45, 7) is 0.133. The Hall–Kier alpha value is -1.74. The van der Waals surface area contributed by atoms with Crippen LogP contribution in [0.1, 0.15) is 5.69 Å². The van der Waals surface area contributed by atoms with Crippen LogP contribution in [0.4, 0.5) is 14.5 Å². The Morgan fingerprint density at radius 3 is 2.60 bits per heavy atom. The van der Waals surface area contributed by atoms with Gasteiger partial charge in [-0.1, -0.05) is 23.5 Å². The quantitative estimate of drug-likeness (QED) is 0.884. The van der Waals surface area contributed by atoms with Gasteiger partial charge in [0.15, 0.2) is 0 Å². The van der Waals surface area contributed by atoms with E-state index in [0.29, 0.717) is 5.69 Å². The number of thiazole rings is 1. The molecule has 1 heterocycles. The van der Waals surface area contributed by atoms with Gasteiger partial charge >= 0.3 is 10.6 Å². The molecule has 108 valence electrons. The smallest absolute Gasteiger partial charge is 0.341 e. The number of rotatable bonds is 5. The molecule has 20 heavy (non-hydrogen) atoms. The first kappa shape index (κ1) is 14.7. The van der Waals surface area contributed by atoms with E-state index in [1.54, 1.807) is 5.38 Å². The van der Waals surface area contributed by atoms with Gasteiger partial charge in [0.1, 0.15) is 0 Å². The molecule has 0 unspecified atom stereocenters. The number of hydrogen-bond donors (Lipinski definition) is 2. The summed E-state index contributed by atoms with van der Waals surface area (Å²) in [6, 6.07) is 5.40. The third kappa shape index (κ3) is 3.05. The number of aromatic nitrogens is 1. The molecule has 0 spiro atoms. The molecule has 1 aromatic heterocycles. The number of halogens is 2. The van der Waals surface area contributed by atoms with Crippen molar-refractivity contribution in [3.05, 3.63) is 45.0 Å². The summed E-state index contributed by atoms with van der Waals surface area (Å²) in [7, 11) is -4.67. The maximum atomic E-state index is 12.6. The molecule has 0 bridgehead atoms. The molecule has 0 aliphatic carbocycles. The standard InChI is InChI=1S/C11H10F2N2O3S2/c12-10(13)20(17,18)9-4-2-1-3-8(9)14-5-7-6-19-11(16)15-7/h1-4,6,10,14H,5H2,(H,15,16). The molecular formula is C11H10F2N2O3S2. The second kappa shape index (κ2) is 5.71. The molecule has 9 heteroatoms. The number of H-pyrrole nitrogens is 1. The molecule has 0 fully saturated rings. The predicted molar refractivity (Wildman–Crippen MR) is 71.9 cm³/mol. The summed E-state index contributed by atoms with van der Waals surface area (Å²) < 4.78 is 48.2. The SMILES string of the molecule is O=c1[nH]c(CNc2ccccc2S(=O)(=O)C(F)F)cs1. The zero-order valence-electron chi connectivity index (χ0n) is 9.97. The summed E-state index contributed by atoms with van der Waals surface area (Å²) in [6.07, 6.45) is 0. The van der Waals surface area contributed by atoms with Gasteiger partial charge in [0.05, 0.1) is 17.1 Å². The fourth-order valence-electron chi connectivity index (χ4n) is 1.55. The lowest BCUT2D eigenvalue weighted by Gasteiger charge is -2.11. The molecule has 1 aromatic carbocycles. The van der Waals surface area contributed by atoms with E-state index < -0.39 is 20.5 Å². The number of hydrogen-bond acceptors (Lipinski definition) is 5. The van der Waals surface area contributed by atoms with E-state index >= 15 is 0 Å². The van der Waals surface area contributed by atoms with Crippen LogP contribution >= 0.6 is 11.3 Å². The number of nitrogens with one attached hydrogen (secondary N) is 2. The van der Waals surface area contributed by atoms with E-state index in [-0.39, 0.29) is 17.1 Å². The molecular weight excluding hydrogens is 310 g/mol. The van der Waals surface area contributed by atoms with Crippen LogP contribution < -0.4 is 10.2 Å². The monoisotopic (exact) mass is 320 g/mol. The van der Waals surface area contributed by atoms with Gasteiger partial charge in [0.25, 0.3) is 0 Å². The molecule has 0 atom stereocenters. The molecule has 2 aromatic rings. The second-order valence-corrected chi connectivity index (χ2v) is 6.56. The number of para-hydroxylation sites is 1. The molecule has 0 saturated carbocycles. The maximum Gasteiger partial charge on any atom is 0.341 e. The van der Waals surface area contributed by atoms with Crippen molar-refractivity contribution in [2.75, 3.05) is 5.32 Å². The maximum absolute atomic E-state index is 12.6. The third-order valence-electron chi connectivity index (χ3n) is 2.47. The van der Waals surface area contributed by atoms with Crippen molar-refractivity contribution in [1.82, 2.24) is 4.98 Å². The molecule has 0 aliphatic heterocycles. The Kier molecular flexibility index (Phi) is 4.19. The van der Waals surface area contributed by atoms with Crippen LogP contribution in [0, 0.1) is 0 Å². The number of aromatic amines is 1. The van der Waals surface area contributed by atoms with Gasteiger partial charge in [-0.05, 0) is 12.1 Å². The number of sulfone groups is 1. The Bertz CT molecular complexity index is 753. The lowest BCUT2D eigenvalue weighted by molar-refractivity contribution is 0.235. The Morgan fingerprint density at radius 1 is 1.30 bits per heavy atom. The van der Waals surface area contributed by atoms with E-state index in [1.165, 1.54) is 18.2 Å². The Labute approximate surface area is 117 Å². The minimum atomic E-state index is -4.67. The minimum absolute atomic E-state index is 0.0693. The lowest BCUT2D eigenvalue weighted by Crippen LogP contribution is -2.14. The first-order chi connectivity index (χ1) is 9.41. The topological polar surface area (TPSA) is 79.0 Å². The molecule has 2 N–H and O–H groups in total. The fraction of sp³-hybridized carbons (Fsp3) is 0.182. The first-order valence-corrected chi connectivity index (χ1v) is 7.85. The molecule has 5 nitrogen and oxygen atoms in total. The van der Waals surface area contributed by atoms with Gasteiger partial charge in [-0.15, -0.1) is 0 Å². The minimum Gasteiger partial charge on any atom is -0.378 e. The van der Waals surface area contributed by atoms with Crippen LogP contribution in [0.2, 0.25) is 0 Å². The van der Waals surface area contributed by atoms with Crippen molar-refractivity contribution in [1.29, 1.82) is 0 Å². The highest BCUT2D eigenvalue weighted by Gasteiger charge is 2.28. The third-order valence-corrected chi connectivity index (χ3v) is 4.62. The van der Waals surface area contributed by atoms with E-state index in [9.17, 15) is 22.0 Å². The highest BCUT2D eigenvalue weighted by Crippen LogP contribution is 2.26. The summed E-state index contributed by atoms with van der Waals surface area (Å²) >= 11 is 0.965. The Morgan fingerprint density at radius 2 is 2.00 bits per heavy atom. The van der Waals surface area contributed by atoms with E-state index in [4.69, 9.17) is 0 Å². The molecule has 2 rings (SSSR count). The largest absolute Gasteiger partial charge is 0.378 e. The van der Waals surface area contributed by atoms with Gasteiger partial charge < -0.3 is 10.3 Å². The van der Waals surface area contributed by atoms with Gasteiger partial charge in [0, 0.05) is 11.1 Å². The number of anilines is 1. The average Bonchev–Trinajstić information content (AvgIpc) is 2.82. The molecule has 0 radical (unpaired) electrons. The van der Waals surface area contributed by atoms with E-state index in [1.807, 2.05) is 0 Å². The number of alkyl halides is 2. The lowest BCUT2D eigenvalue weighted by atomic mass is 10.3. The van der Waals surface area contributed by atoms with Gasteiger partial charge in [-0.2, -0.15) is 8.78 Å². The molecule has 0 saturated heterocycles. The highest BCUT2D eigenvalue weighted by molar-refractivity contribution is 7.91. The van der Waals surface area contributed by atoms with Gasteiger partial charge in [-0.25, -0.2) is 8.42 Å². The van der Waals surface area contributed by atoms with Crippen molar-refractivity contribution in [2.45, 2.75) is 17.2 Å². The highest BCUT2D eigenvalue weighted by atomic mass is 32.2. The molecule has 0 amide bonds. The predicted octanol–water partition coefficient (Wildman–Crippen LogP) is 2.04. The van der Waals surface area contributed by atoms with Crippen molar-refractivity contribution < 1.29 is 17.2 Å². The van der Waals surface area contributed by atoms with Crippen molar-refractivity contribution in [3.63, 3.8) is 0 Å². The number of benzene rings is 1. The zero-order chi connectivity index (χ0) is 14.8. The fourth-order valence-corrected chi connectivity index (χ4v) is 3.04. The van der Waals surface area contributed by atoms with Crippen molar-refractivity contribution in [2.24, 2.45) is 0 Å². The van der Waals surface area contributed by atoms with Crippen LogP contribution in [0.3, 0.4) is 0 Å². The summed E-state index contributed by atoms with van der Waals surface area (Å²) in [4.78, 5) is 12.8. The van der Waals surface area contributed by atoms with Crippen LogP contribution in [0.25, 0.3) is 0 Å². The van der Waals surface area contributed by atoms with Crippen LogP contribution in [-0.4, -0.2) is 19.2 Å². The van der Waals surface area contributed by atoms with E-state index in [2.05, 4.69) is 10.3 Å². The van der Waals surface area contributed by atoms with E-state index in [0.717, 1.165) is 17.4 Å². The van der Waals surface area contributed by atoms with Crippen LogP contribution in [0.5, 0.6) is 0 Å².